The fourth-order valence-electron chi connectivity index (χ4n) is 2.76. The van der Waals surface area contributed by atoms with Crippen LogP contribution in [0.25, 0.3) is 6.08 Å². The van der Waals surface area contributed by atoms with Crippen molar-refractivity contribution in [2.45, 2.75) is 38.1 Å². The highest BCUT2D eigenvalue weighted by atomic mass is 32.1. The molecule has 0 aliphatic heterocycles. The van der Waals surface area contributed by atoms with Gasteiger partial charge in [0.2, 0.25) is 5.91 Å². The van der Waals surface area contributed by atoms with E-state index in [1.165, 1.54) is 25.3 Å². The van der Waals surface area contributed by atoms with Gasteiger partial charge in [-0.3, -0.25) is 10.1 Å². The Bertz CT molecular complexity index is 563. The molecule has 1 amide bonds. The van der Waals surface area contributed by atoms with E-state index in [0.29, 0.717) is 11.2 Å². The summed E-state index contributed by atoms with van der Waals surface area (Å²) in [6, 6.07) is 7.96. The van der Waals surface area contributed by atoms with Crippen molar-refractivity contribution < 1.29 is 9.53 Å². The normalized spacial score (nSPS) is 15.4. The Labute approximate surface area is 143 Å². The molecule has 124 valence electrons. The van der Waals surface area contributed by atoms with E-state index in [1.807, 2.05) is 36.2 Å². The SMILES string of the molecule is COc1ccc(/C=C/C(=O)NC(=S)N(C)C2CCCCC2)cc1. The van der Waals surface area contributed by atoms with Crippen molar-refractivity contribution >= 4 is 29.3 Å². The summed E-state index contributed by atoms with van der Waals surface area (Å²) in [5.74, 6) is 0.593. The standard InChI is InChI=1S/C18H24N2O2S/c1-20(15-6-4-3-5-7-15)18(23)19-17(21)13-10-14-8-11-16(22-2)12-9-14/h8-13,15H,3-7H2,1-2H3,(H,19,21,23)/b13-10+. The molecule has 0 bridgehead atoms. The molecule has 0 aromatic heterocycles. The molecule has 1 aromatic carbocycles. The van der Waals surface area contributed by atoms with Crippen LogP contribution in [-0.2, 0) is 4.79 Å². The minimum atomic E-state index is -0.200. The third kappa shape index (κ3) is 5.36. The second kappa shape index (κ2) is 8.67. The molecule has 0 saturated heterocycles. The number of thiocarbonyl (C=S) groups is 1. The highest BCUT2D eigenvalue weighted by Crippen LogP contribution is 2.21. The minimum Gasteiger partial charge on any atom is -0.497 e. The Morgan fingerprint density at radius 1 is 1.26 bits per heavy atom. The number of benzene rings is 1. The summed E-state index contributed by atoms with van der Waals surface area (Å²) in [6.07, 6.45) is 9.34. The molecular weight excluding hydrogens is 308 g/mol. The van der Waals surface area contributed by atoms with Gasteiger partial charge in [-0.05, 0) is 48.8 Å². The number of ether oxygens (including phenoxy) is 1. The van der Waals surface area contributed by atoms with E-state index in [4.69, 9.17) is 17.0 Å². The molecule has 23 heavy (non-hydrogen) atoms. The molecule has 5 heteroatoms. The molecule has 0 unspecified atom stereocenters. The molecule has 0 heterocycles. The van der Waals surface area contributed by atoms with Crippen LogP contribution in [0.5, 0.6) is 5.75 Å². The van der Waals surface area contributed by atoms with Gasteiger partial charge in [-0.15, -0.1) is 0 Å². The Morgan fingerprint density at radius 3 is 2.52 bits per heavy atom. The third-order valence-corrected chi connectivity index (χ3v) is 4.61. The number of hydrogen-bond donors (Lipinski definition) is 1. The molecule has 1 saturated carbocycles. The van der Waals surface area contributed by atoms with E-state index < -0.39 is 0 Å². The van der Waals surface area contributed by atoms with Crippen molar-refractivity contribution in [1.82, 2.24) is 10.2 Å². The average molecular weight is 332 g/mol. The summed E-state index contributed by atoms with van der Waals surface area (Å²) in [6.45, 7) is 0. The van der Waals surface area contributed by atoms with Crippen LogP contribution in [0.3, 0.4) is 0 Å². The zero-order chi connectivity index (χ0) is 16.7. The zero-order valence-corrected chi connectivity index (χ0v) is 14.6. The van der Waals surface area contributed by atoms with Gasteiger partial charge < -0.3 is 9.64 Å². The number of nitrogens with one attached hydrogen (secondary N) is 1. The van der Waals surface area contributed by atoms with Crippen molar-refractivity contribution in [3.05, 3.63) is 35.9 Å². The van der Waals surface area contributed by atoms with Crippen LogP contribution in [0.2, 0.25) is 0 Å². The van der Waals surface area contributed by atoms with Crippen molar-refractivity contribution in [2.75, 3.05) is 14.2 Å². The number of methoxy groups -OCH3 is 1. The first-order valence-corrected chi connectivity index (χ1v) is 8.41. The maximum atomic E-state index is 12.0. The first-order chi connectivity index (χ1) is 11.1. The van der Waals surface area contributed by atoms with Crippen LogP contribution in [0.15, 0.2) is 30.3 Å². The van der Waals surface area contributed by atoms with E-state index in [-0.39, 0.29) is 5.91 Å². The minimum absolute atomic E-state index is 0.200. The number of carbonyl (C=O) groups is 1. The number of nitrogens with zero attached hydrogens (tertiary/aromatic N) is 1. The summed E-state index contributed by atoms with van der Waals surface area (Å²) in [5, 5.41) is 3.28. The maximum Gasteiger partial charge on any atom is 0.250 e. The second-order valence-electron chi connectivity index (χ2n) is 5.80. The molecule has 1 N–H and O–H groups in total. The van der Waals surface area contributed by atoms with Crippen molar-refractivity contribution in [2.24, 2.45) is 0 Å². The topological polar surface area (TPSA) is 41.6 Å². The molecule has 0 spiro atoms. The van der Waals surface area contributed by atoms with E-state index in [0.717, 1.165) is 24.2 Å². The van der Waals surface area contributed by atoms with Crippen LogP contribution in [0.1, 0.15) is 37.7 Å². The molecule has 1 aliphatic carbocycles. The third-order valence-electron chi connectivity index (χ3n) is 4.22. The fraction of sp³-hybridized carbons (Fsp3) is 0.444. The number of carbonyl (C=O) groups excluding carboxylic acids is 1. The number of rotatable bonds is 4. The fourth-order valence-corrected chi connectivity index (χ4v) is 3.01. The Hall–Kier alpha value is -1.88. The van der Waals surface area contributed by atoms with Crippen LogP contribution >= 0.6 is 12.2 Å². The number of hydrogen-bond acceptors (Lipinski definition) is 3. The van der Waals surface area contributed by atoms with Gasteiger partial charge in [0.05, 0.1) is 7.11 Å². The lowest BCUT2D eigenvalue weighted by molar-refractivity contribution is -0.115. The summed E-state index contributed by atoms with van der Waals surface area (Å²) in [4.78, 5) is 14.0. The lowest BCUT2D eigenvalue weighted by atomic mass is 9.95. The summed E-state index contributed by atoms with van der Waals surface area (Å²) >= 11 is 5.34. The highest BCUT2D eigenvalue weighted by molar-refractivity contribution is 7.80. The quantitative estimate of drug-likeness (QED) is 0.678. The molecule has 1 aliphatic rings. The Kier molecular flexibility index (Phi) is 6.59. The highest BCUT2D eigenvalue weighted by Gasteiger charge is 2.20. The van der Waals surface area contributed by atoms with Crippen LogP contribution in [0, 0.1) is 0 Å². The Morgan fingerprint density at radius 2 is 1.91 bits per heavy atom. The monoisotopic (exact) mass is 332 g/mol. The van der Waals surface area contributed by atoms with Gasteiger partial charge in [0, 0.05) is 19.2 Å². The Balaban J connectivity index is 1.85. The number of amides is 1. The molecule has 0 radical (unpaired) electrons. The summed E-state index contributed by atoms with van der Waals surface area (Å²) in [7, 11) is 3.59. The first-order valence-electron chi connectivity index (χ1n) is 8.00. The average Bonchev–Trinajstić information content (AvgIpc) is 2.60. The van der Waals surface area contributed by atoms with Crippen LogP contribution < -0.4 is 10.1 Å². The zero-order valence-electron chi connectivity index (χ0n) is 13.7. The van der Waals surface area contributed by atoms with E-state index in [2.05, 4.69) is 5.32 Å². The van der Waals surface area contributed by atoms with E-state index in [9.17, 15) is 4.79 Å². The first kappa shape index (κ1) is 17.5. The smallest absolute Gasteiger partial charge is 0.250 e. The molecule has 1 aromatic rings. The predicted octanol–water partition coefficient (Wildman–Crippen LogP) is 3.37. The van der Waals surface area contributed by atoms with Crippen LogP contribution in [-0.4, -0.2) is 36.1 Å². The van der Waals surface area contributed by atoms with E-state index >= 15 is 0 Å². The van der Waals surface area contributed by atoms with E-state index in [1.54, 1.807) is 13.2 Å². The van der Waals surface area contributed by atoms with Crippen LogP contribution in [0.4, 0.5) is 0 Å². The molecule has 2 rings (SSSR count). The van der Waals surface area contributed by atoms with Crippen molar-refractivity contribution in [3.63, 3.8) is 0 Å². The maximum absolute atomic E-state index is 12.0. The van der Waals surface area contributed by atoms with Crippen molar-refractivity contribution in [1.29, 1.82) is 0 Å². The molecule has 4 nitrogen and oxygen atoms in total. The van der Waals surface area contributed by atoms with Gasteiger partial charge in [-0.1, -0.05) is 31.4 Å². The summed E-state index contributed by atoms with van der Waals surface area (Å²) < 4.78 is 5.11. The van der Waals surface area contributed by atoms with Gasteiger partial charge in [0.25, 0.3) is 0 Å². The molecular formula is C18H24N2O2S. The van der Waals surface area contributed by atoms with Gasteiger partial charge >= 0.3 is 0 Å². The predicted molar refractivity (Wildman–Crippen MR) is 97.4 cm³/mol. The molecule has 0 atom stereocenters. The van der Waals surface area contributed by atoms with Gasteiger partial charge in [-0.25, -0.2) is 0 Å². The largest absolute Gasteiger partial charge is 0.497 e. The van der Waals surface area contributed by atoms with Gasteiger partial charge in [0.15, 0.2) is 5.11 Å². The second-order valence-corrected chi connectivity index (χ2v) is 6.19. The van der Waals surface area contributed by atoms with Gasteiger partial charge in [-0.2, -0.15) is 0 Å². The lowest BCUT2D eigenvalue weighted by Crippen LogP contribution is -2.45. The summed E-state index contributed by atoms with van der Waals surface area (Å²) in [5.41, 5.74) is 0.938. The van der Waals surface area contributed by atoms with Gasteiger partial charge in [0.1, 0.15) is 5.75 Å². The van der Waals surface area contributed by atoms with Crippen molar-refractivity contribution in [3.8, 4) is 5.75 Å². The molecule has 1 fully saturated rings. The lowest BCUT2D eigenvalue weighted by Gasteiger charge is -2.32.